The molecule has 0 unspecified atom stereocenters. The molecule has 0 aliphatic carbocycles. The molecule has 0 saturated carbocycles. The molecule has 80 valence electrons. The molecule has 1 saturated heterocycles. The second-order valence-electron chi connectivity index (χ2n) is 4.22. The molecule has 2 N–H and O–H groups in total. The molecule has 3 heteroatoms. The fourth-order valence-electron chi connectivity index (χ4n) is 1.92. The van der Waals surface area contributed by atoms with Crippen molar-refractivity contribution >= 4 is 5.91 Å². The molecule has 0 radical (unpaired) electrons. The lowest BCUT2D eigenvalue weighted by Gasteiger charge is -2.15. The van der Waals surface area contributed by atoms with Crippen molar-refractivity contribution in [2.45, 2.75) is 13.0 Å². The lowest BCUT2D eigenvalue weighted by molar-refractivity contribution is 0.0787. The molecule has 1 aliphatic rings. The summed E-state index contributed by atoms with van der Waals surface area (Å²) >= 11 is 0. The van der Waals surface area contributed by atoms with Crippen LogP contribution in [-0.4, -0.2) is 29.9 Å². The molecular weight excluding hydrogens is 188 g/mol. The van der Waals surface area contributed by atoms with Crippen molar-refractivity contribution < 1.29 is 4.79 Å². The minimum atomic E-state index is 0.0930. The van der Waals surface area contributed by atoms with E-state index in [4.69, 9.17) is 5.73 Å². The number of benzene rings is 1. The average Bonchev–Trinajstić information content (AvgIpc) is 2.59. The fraction of sp³-hybridized carbons (Fsp3) is 0.417. The van der Waals surface area contributed by atoms with E-state index in [-0.39, 0.29) is 11.9 Å². The van der Waals surface area contributed by atoms with Gasteiger partial charge in [0.25, 0.3) is 5.91 Å². The monoisotopic (exact) mass is 204 g/mol. The number of nitrogens with two attached hydrogens (primary N) is 1. The number of hydrogen-bond donors (Lipinski definition) is 1. The lowest BCUT2D eigenvalue weighted by atomic mass is 10.1. The molecule has 1 aliphatic heterocycles. The average molecular weight is 204 g/mol. The summed E-state index contributed by atoms with van der Waals surface area (Å²) < 4.78 is 0. The smallest absolute Gasteiger partial charge is 0.253 e. The molecular formula is C12H16N2O. The van der Waals surface area contributed by atoms with Crippen molar-refractivity contribution in [3.05, 3.63) is 35.9 Å². The maximum atomic E-state index is 12.0. The first kappa shape index (κ1) is 10.2. The molecule has 0 aromatic heterocycles. The van der Waals surface area contributed by atoms with Crippen molar-refractivity contribution in [3.63, 3.8) is 0 Å². The van der Waals surface area contributed by atoms with Crippen LogP contribution in [0.25, 0.3) is 0 Å². The normalized spacial score (nSPS) is 25.6. The van der Waals surface area contributed by atoms with Crippen LogP contribution >= 0.6 is 0 Å². The van der Waals surface area contributed by atoms with Gasteiger partial charge in [0.05, 0.1) is 0 Å². The van der Waals surface area contributed by atoms with E-state index in [9.17, 15) is 4.79 Å². The minimum absolute atomic E-state index is 0.0930. The molecule has 1 amide bonds. The third-order valence-corrected chi connectivity index (χ3v) is 2.98. The first-order valence-electron chi connectivity index (χ1n) is 5.28. The van der Waals surface area contributed by atoms with E-state index in [2.05, 4.69) is 6.92 Å². The third-order valence-electron chi connectivity index (χ3n) is 2.98. The van der Waals surface area contributed by atoms with Gasteiger partial charge in [-0.25, -0.2) is 0 Å². The number of rotatable bonds is 1. The quantitative estimate of drug-likeness (QED) is 0.744. The van der Waals surface area contributed by atoms with Gasteiger partial charge in [0.2, 0.25) is 0 Å². The highest BCUT2D eigenvalue weighted by molar-refractivity contribution is 5.94. The predicted octanol–water partition coefficient (Wildman–Crippen LogP) is 1.11. The summed E-state index contributed by atoms with van der Waals surface area (Å²) in [7, 11) is 0. The molecule has 1 heterocycles. The van der Waals surface area contributed by atoms with Gasteiger partial charge in [-0.15, -0.1) is 0 Å². The van der Waals surface area contributed by atoms with Crippen LogP contribution in [0.2, 0.25) is 0 Å². The van der Waals surface area contributed by atoms with Gasteiger partial charge >= 0.3 is 0 Å². The van der Waals surface area contributed by atoms with E-state index in [1.54, 1.807) is 0 Å². The maximum absolute atomic E-state index is 12.0. The van der Waals surface area contributed by atoms with E-state index >= 15 is 0 Å². The second kappa shape index (κ2) is 4.03. The third kappa shape index (κ3) is 2.02. The van der Waals surface area contributed by atoms with Crippen LogP contribution in [0.4, 0.5) is 0 Å². The Morgan fingerprint density at radius 3 is 2.53 bits per heavy atom. The molecule has 3 nitrogen and oxygen atoms in total. The Morgan fingerprint density at radius 2 is 2.00 bits per heavy atom. The van der Waals surface area contributed by atoms with Gasteiger partial charge in [0.1, 0.15) is 0 Å². The molecule has 1 aromatic carbocycles. The van der Waals surface area contributed by atoms with Crippen molar-refractivity contribution in [1.82, 2.24) is 4.90 Å². The number of amides is 1. The Bertz CT molecular complexity index is 340. The van der Waals surface area contributed by atoms with Crippen LogP contribution in [0.15, 0.2) is 30.3 Å². The van der Waals surface area contributed by atoms with Crippen LogP contribution in [0.3, 0.4) is 0 Å². The lowest BCUT2D eigenvalue weighted by Crippen LogP contribution is -2.32. The highest BCUT2D eigenvalue weighted by atomic mass is 16.2. The highest BCUT2D eigenvalue weighted by Crippen LogP contribution is 2.17. The predicted molar refractivity (Wildman–Crippen MR) is 59.5 cm³/mol. The van der Waals surface area contributed by atoms with Crippen LogP contribution in [-0.2, 0) is 0 Å². The number of carbonyl (C=O) groups is 1. The summed E-state index contributed by atoms with van der Waals surface area (Å²) in [4.78, 5) is 13.8. The first-order chi connectivity index (χ1) is 7.18. The molecule has 2 atom stereocenters. The minimum Gasteiger partial charge on any atom is -0.337 e. The number of nitrogens with zero attached hydrogens (tertiary/aromatic N) is 1. The first-order valence-corrected chi connectivity index (χ1v) is 5.28. The Morgan fingerprint density at radius 1 is 1.33 bits per heavy atom. The highest BCUT2D eigenvalue weighted by Gasteiger charge is 2.30. The van der Waals surface area contributed by atoms with Crippen molar-refractivity contribution in [2.24, 2.45) is 11.7 Å². The molecule has 1 aromatic rings. The Kier molecular flexibility index (Phi) is 2.73. The molecule has 1 fully saturated rings. The van der Waals surface area contributed by atoms with Gasteiger partial charge in [-0.3, -0.25) is 4.79 Å². The van der Waals surface area contributed by atoms with Crippen LogP contribution in [0, 0.1) is 5.92 Å². The Balaban J connectivity index is 2.10. The summed E-state index contributed by atoms with van der Waals surface area (Å²) in [5.74, 6) is 0.494. The summed E-state index contributed by atoms with van der Waals surface area (Å²) in [6, 6.07) is 9.49. The van der Waals surface area contributed by atoms with Crippen LogP contribution in [0.5, 0.6) is 0 Å². The molecule has 0 spiro atoms. The molecule has 0 bridgehead atoms. The van der Waals surface area contributed by atoms with Crippen molar-refractivity contribution in [1.29, 1.82) is 0 Å². The fourth-order valence-corrected chi connectivity index (χ4v) is 1.92. The summed E-state index contributed by atoms with van der Waals surface area (Å²) in [5.41, 5.74) is 6.64. The number of likely N-dealkylation sites (tertiary alicyclic amines) is 1. The summed E-state index contributed by atoms with van der Waals surface area (Å²) in [5, 5.41) is 0. The SMILES string of the molecule is C[C@@H]1CN(C(=O)c2ccccc2)C[C@H]1N. The van der Waals surface area contributed by atoms with Gasteiger partial charge in [0.15, 0.2) is 0 Å². The zero-order chi connectivity index (χ0) is 10.8. The van der Waals surface area contributed by atoms with Crippen molar-refractivity contribution in [2.75, 3.05) is 13.1 Å². The maximum Gasteiger partial charge on any atom is 0.253 e. The Hall–Kier alpha value is -1.35. The molecule has 2 rings (SSSR count). The topological polar surface area (TPSA) is 46.3 Å². The largest absolute Gasteiger partial charge is 0.337 e. The van der Waals surface area contributed by atoms with Crippen molar-refractivity contribution in [3.8, 4) is 0 Å². The van der Waals surface area contributed by atoms with Gasteiger partial charge in [-0.1, -0.05) is 25.1 Å². The van der Waals surface area contributed by atoms with Gasteiger partial charge in [-0.05, 0) is 18.1 Å². The van der Waals surface area contributed by atoms with E-state index in [1.165, 1.54) is 0 Å². The van der Waals surface area contributed by atoms with Gasteiger partial charge in [0, 0.05) is 24.7 Å². The van der Waals surface area contributed by atoms with Crippen LogP contribution < -0.4 is 5.73 Å². The van der Waals surface area contributed by atoms with E-state index in [1.807, 2.05) is 35.2 Å². The van der Waals surface area contributed by atoms with E-state index in [0.717, 1.165) is 12.1 Å². The summed E-state index contributed by atoms with van der Waals surface area (Å²) in [6.07, 6.45) is 0. The van der Waals surface area contributed by atoms with Gasteiger partial charge in [-0.2, -0.15) is 0 Å². The van der Waals surface area contributed by atoms with Crippen LogP contribution in [0.1, 0.15) is 17.3 Å². The summed E-state index contributed by atoms with van der Waals surface area (Å²) in [6.45, 7) is 3.53. The molecule has 15 heavy (non-hydrogen) atoms. The zero-order valence-electron chi connectivity index (χ0n) is 8.89. The standard InChI is InChI=1S/C12H16N2O/c1-9-7-14(8-11(9)13)12(15)10-5-3-2-4-6-10/h2-6,9,11H,7-8,13H2,1H3/t9-,11-/m1/s1. The number of carbonyl (C=O) groups excluding carboxylic acids is 1. The van der Waals surface area contributed by atoms with E-state index in [0.29, 0.717) is 12.5 Å². The van der Waals surface area contributed by atoms with Gasteiger partial charge < -0.3 is 10.6 Å². The second-order valence-corrected chi connectivity index (χ2v) is 4.22. The Labute approximate surface area is 89.9 Å². The number of hydrogen-bond acceptors (Lipinski definition) is 2. The van der Waals surface area contributed by atoms with E-state index < -0.39 is 0 Å². The zero-order valence-corrected chi connectivity index (χ0v) is 8.89.